The van der Waals surface area contributed by atoms with Crippen LogP contribution in [0.1, 0.15) is 0 Å². The number of carbonyl (C=O) groups is 1. The maximum Gasteiger partial charge on any atom is 0.238 e. The molecule has 1 rings (SSSR count). The van der Waals surface area contributed by atoms with Gasteiger partial charge in [-0.3, -0.25) is 9.69 Å². The molecule has 1 amide bonds. The summed E-state index contributed by atoms with van der Waals surface area (Å²) in [6.45, 7) is 8.22. The van der Waals surface area contributed by atoms with Gasteiger partial charge in [-0.2, -0.15) is 0 Å². The number of hydrogen-bond donors (Lipinski definition) is 1. The molecule has 0 saturated heterocycles. The molecule has 0 aliphatic rings. The lowest BCUT2D eigenvalue weighted by atomic mass is 10.3. The van der Waals surface area contributed by atoms with E-state index in [0.717, 1.165) is 18.2 Å². The van der Waals surface area contributed by atoms with Gasteiger partial charge in [-0.05, 0) is 12.1 Å². The molecule has 0 aliphatic heterocycles. The Morgan fingerprint density at radius 1 is 1.26 bits per heavy atom. The Bertz CT molecular complexity index is 465. The number of rotatable bonds is 7. The van der Waals surface area contributed by atoms with Gasteiger partial charge < -0.3 is 5.32 Å². The third-order valence-electron chi connectivity index (χ3n) is 2.34. The lowest BCUT2D eigenvalue weighted by molar-refractivity contribution is -0.117. The van der Waals surface area contributed by atoms with Crippen molar-refractivity contribution in [3.8, 4) is 0 Å². The first-order valence-corrected chi connectivity index (χ1v) is 5.76. The van der Waals surface area contributed by atoms with Crippen LogP contribution in [0.4, 0.5) is 14.5 Å². The molecule has 0 heterocycles. The third kappa shape index (κ3) is 5.01. The van der Waals surface area contributed by atoms with Crippen LogP contribution in [0.25, 0.3) is 0 Å². The van der Waals surface area contributed by atoms with E-state index in [9.17, 15) is 13.6 Å². The van der Waals surface area contributed by atoms with Gasteiger partial charge in [0.25, 0.3) is 0 Å². The fraction of sp³-hybridized carbons (Fsp3) is 0.214. The number of anilines is 1. The first-order chi connectivity index (χ1) is 9.06. The van der Waals surface area contributed by atoms with Crippen molar-refractivity contribution in [2.24, 2.45) is 0 Å². The first kappa shape index (κ1) is 15.0. The molecule has 102 valence electrons. The highest BCUT2D eigenvalue weighted by molar-refractivity contribution is 5.92. The molecule has 0 atom stereocenters. The van der Waals surface area contributed by atoms with Gasteiger partial charge in [-0.15, -0.1) is 13.2 Å². The molecule has 5 heteroatoms. The Morgan fingerprint density at radius 3 is 2.47 bits per heavy atom. The monoisotopic (exact) mass is 266 g/mol. The van der Waals surface area contributed by atoms with Crippen molar-refractivity contribution in [2.75, 3.05) is 25.0 Å². The van der Waals surface area contributed by atoms with E-state index >= 15 is 0 Å². The number of amides is 1. The van der Waals surface area contributed by atoms with E-state index in [2.05, 4.69) is 18.5 Å². The number of hydrogen-bond acceptors (Lipinski definition) is 2. The Labute approximate surface area is 111 Å². The summed E-state index contributed by atoms with van der Waals surface area (Å²) in [5.74, 6) is -1.70. The number of benzene rings is 1. The first-order valence-electron chi connectivity index (χ1n) is 5.76. The second-order valence-electron chi connectivity index (χ2n) is 3.94. The molecule has 0 bridgehead atoms. The van der Waals surface area contributed by atoms with Gasteiger partial charge in [0.1, 0.15) is 11.6 Å². The maximum atomic E-state index is 13.3. The van der Waals surface area contributed by atoms with Gasteiger partial charge in [-0.25, -0.2) is 8.78 Å². The molecule has 0 fully saturated rings. The van der Waals surface area contributed by atoms with E-state index in [0.29, 0.717) is 13.1 Å². The lowest BCUT2D eigenvalue weighted by Gasteiger charge is -2.18. The van der Waals surface area contributed by atoms with Crippen LogP contribution >= 0.6 is 0 Å². The second kappa shape index (κ2) is 7.43. The Kier molecular flexibility index (Phi) is 5.89. The van der Waals surface area contributed by atoms with E-state index < -0.39 is 17.5 Å². The van der Waals surface area contributed by atoms with Crippen molar-refractivity contribution in [3.05, 3.63) is 55.1 Å². The third-order valence-corrected chi connectivity index (χ3v) is 2.34. The average Bonchev–Trinajstić information content (AvgIpc) is 2.34. The van der Waals surface area contributed by atoms with Crippen LogP contribution in [0.5, 0.6) is 0 Å². The minimum atomic E-state index is -0.672. The fourth-order valence-corrected chi connectivity index (χ4v) is 1.55. The van der Waals surface area contributed by atoms with Crippen LogP contribution in [0.3, 0.4) is 0 Å². The Hall–Kier alpha value is -2.01. The van der Waals surface area contributed by atoms with Crippen molar-refractivity contribution < 1.29 is 13.6 Å². The van der Waals surface area contributed by atoms with Crippen molar-refractivity contribution in [3.63, 3.8) is 0 Å². The molecule has 0 aliphatic carbocycles. The van der Waals surface area contributed by atoms with E-state index in [4.69, 9.17) is 0 Å². The minimum absolute atomic E-state index is 0.0496. The Balaban J connectivity index is 2.65. The van der Waals surface area contributed by atoms with Crippen LogP contribution in [0.2, 0.25) is 0 Å². The minimum Gasteiger partial charge on any atom is -0.322 e. The molecule has 1 aromatic rings. The summed E-state index contributed by atoms with van der Waals surface area (Å²) >= 11 is 0. The summed E-state index contributed by atoms with van der Waals surface area (Å²) in [5.41, 5.74) is -0.165. The fourth-order valence-electron chi connectivity index (χ4n) is 1.55. The molecule has 0 unspecified atom stereocenters. The summed E-state index contributed by atoms with van der Waals surface area (Å²) in [6.07, 6.45) is 3.30. The standard InChI is InChI=1S/C14H16F2N2O/c1-3-7-18(8-4-2)10-14(19)17-13-9-11(15)5-6-12(13)16/h3-6,9H,1-2,7-8,10H2,(H,17,19). The number of carbonyl (C=O) groups excluding carboxylic acids is 1. The van der Waals surface area contributed by atoms with Crippen LogP contribution in [0, 0.1) is 11.6 Å². The molecule has 3 nitrogen and oxygen atoms in total. The van der Waals surface area contributed by atoms with Crippen LogP contribution < -0.4 is 5.32 Å². The van der Waals surface area contributed by atoms with Gasteiger partial charge in [-0.1, -0.05) is 12.2 Å². The molecule has 1 N–H and O–H groups in total. The molecule has 0 saturated carbocycles. The Morgan fingerprint density at radius 2 is 1.89 bits per heavy atom. The molecular formula is C14H16F2N2O. The van der Waals surface area contributed by atoms with Crippen LogP contribution in [-0.2, 0) is 4.79 Å². The van der Waals surface area contributed by atoms with Gasteiger partial charge in [0, 0.05) is 19.2 Å². The summed E-state index contributed by atoms with van der Waals surface area (Å²) < 4.78 is 26.3. The van der Waals surface area contributed by atoms with Gasteiger partial charge in [0.15, 0.2) is 0 Å². The van der Waals surface area contributed by atoms with Crippen molar-refractivity contribution in [1.82, 2.24) is 4.90 Å². The zero-order valence-electron chi connectivity index (χ0n) is 10.5. The van der Waals surface area contributed by atoms with Gasteiger partial charge in [0.05, 0.1) is 12.2 Å². The summed E-state index contributed by atoms with van der Waals surface area (Å²) in [5, 5.41) is 2.33. The average molecular weight is 266 g/mol. The smallest absolute Gasteiger partial charge is 0.238 e. The van der Waals surface area contributed by atoms with Crippen LogP contribution in [0.15, 0.2) is 43.5 Å². The van der Waals surface area contributed by atoms with E-state index in [-0.39, 0.29) is 12.2 Å². The van der Waals surface area contributed by atoms with E-state index in [1.807, 2.05) is 0 Å². The lowest BCUT2D eigenvalue weighted by Crippen LogP contribution is -2.33. The second-order valence-corrected chi connectivity index (χ2v) is 3.94. The highest BCUT2D eigenvalue weighted by Gasteiger charge is 2.11. The van der Waals surface area contributed by atoms with E-state index in [1.54, 1.807) is 17.1 Å². The number of halogens is 2. The van der Waals surface area contributed by atoms with Crippen molar-refractivity contribution >= 4 is 11.6 Å². The zero-order chi connectivity index (χ0) is 14.3. The van der Waals surface area contributed by atoms with Crippen molar-refractivity contribution in [2.45, 2.75) is 0 Å². The topological polar surface area (TPSA) is 32.3 Å². The largest absolute Gasteiger partial charge is 0.322 e. The summed E-state index contributed by atoms with van der Waals surface area (Å²) in [4.78, 5) is 13.5. The quantitative estimate of drug-likeness (QED) is 0.769. The molecule has 0 spiro atoms. The summed E-state index contributed by atoms with van der Waals surface area (Å²) in [6, 6.07) is 2.90. The summed E-state index contributed by atoms with van der Waals surface area (Å²) in [7, 11) is 0. The highest BCUT2D eigenvalue weighted by Crippen LogP contribution is 2.15. The van der Waals surface area contributed by atoms with Crippen LogP contribution in [-0.4, -0.2) is 30.4 Å². The molecule has 0 radical (unpaired) electrons. The number of nitrogens with one attached hydrogen (secondary N) is 1. The predicted octanol–water partition coefficient (Wildman–Crippen LogP) is 2.58. The zero-order valence-corrected chi connectivity index (χ0v) is 10.5. The molecule has 1 aromatic carbocycles. The van der Waals surface area contributed by atoms with Gasteiger partial charge in [0.2, 0.25) is 5.91 Å². The number of nitrogens with zero attached hydrogens (tertiary/aromatic N) is 1. The van der Waals surface area contributed by atoms with Gasteiger partial charge >= 0.3 is 0 Å². The van der Waals surface area contributed by atoms with E-state index in [1.165, 1.54) is 0 Å². The SMILES string of the molecule is C=CCN(CC=C)CC(=O)Nc1cc(F)ccc1F. The molecule has 19 heavy (non-hydrogen) atoms. The molecular weight excluding hydrogens is 250 g/mol. The maximum absolute atomic E-state index is 13.3. The highest BCUT2D eigenvalue weighted by atomic mass is 19.1. The van der Waals surface area contributed by atoms with Crippen molar-refractivity contribution in [1.29, 1.82) is 0 Å². The normalized spacial score (nSPS) is 10.3. The predicted molar refractivity (Wildman–Crippen MR) is 71.8 cm³/mol. The molecule has 0 aromatic heterocycles.